The lowest BCUT2D eigenvalue weighted by Gasteiger charge is -2.37. The average molecular weight is 645 g/mol. The lowest BCUT2D eigenvalue weighted by molar-refractivity contribution is -0.152. The van der Waals surface area contributed by atoms with Crippen molar-refractivity contribution in [1.29, 1.82) is 0 Å². The molecule has 5 amide bonds. The Kier molecular flexibility index (Phi) is 13.3. The number of hydrogen-bond donors (Lipinski definition) is 3. The van der Waals surface area contributed by atoms with E-state index < -0.39 is 18.1 Å². The SMILES string of the molecule is CC(C)C(C(=O)NCC(=O)N(C)C(C(=O)N1CCCC1C(=O)N1CCCC1C(=O)NCc1ccc(CS)cc1)C(C)C)N(C)C. The zero-order chi connectivity index (χ0) is 33.4. The number of amides is 5. The van der Waals surface area contributed by atoms with Gasteiger partial charge in [-0.05, 0) is 62.7 Å². The molecule has 0 radical (unpaired) electrons. The van der Waals surface area contributed by atoms with E-state index in [1.165, 1.54) is 4.90 Å². The van der Waals surface area contributed by atoms with Crippen molar-refractivity contribution in [3.05, 3.63) is 35.4 Å². The molecule has 0 aliphatic carbocycles. The zero-order valence-corrected chi connectivity index (χ0v) is 28.8. The van der Waals surface area contributed by atoms with E-state index in [1.807, 2.05) is 71.0 Å². The Labute approximate surface area is 273 Å². The second kappa shape index (κ2) is 16.4. The third-order valence-corrected chi connectivity index (χ3v) is 9.26. The van der Waals surface area contributed by atoms with Gasteiger partial charge in [-0.25, -0.2) is 0 Å². The molecule has 2 fully saturated rings. The molecule has 0 spiro atoms. The Hall–Kier alpha value is -3.12. The number of rotatable bonds is 13. The first kappa shape index (κ1) is 36.3. The number of hydrogen-bond acceptors (Lipinski definition) is 7. The number of nitrogens with one attached hydrogen (secondary N) is 2. The van der Waals surface area contributed by atoms with Crippen LogP contribution in [0.4, 0.5) is 0 Å². The first-order valence-electron chi connectivity index (χ1n) is 16.1. The molecule has 0 saturated carbocycles. The van der Waals surface area contributed by atoms with E-state index in [2.05, 4.69) is 23.3 Å². The molecule has 2 heterocycles. The van der Waals surface area contributed by atoms with Crippen LogP contribution in [-0.4, -0.2) is 114 Å². The molecule has 45 heavy (non-hydrogen) atoms. The first-order valence-corrected chi connectivity index (χ1v) is 16.7. The number of benzene rings is 1. The van der Waals surface area contributed by atoms with Gasteiger partial charge in [0.05, 0.1) is 12.6 Å². The smallest absolute Gasteiger partial charge is 0.246 e. The Bertz CT molecular complexity index is 1200. The molecule has 2 saturated heterocycles. The van der Waals surface area contributed by atoms with Gasteiger partial charge >= 0.3 is 0 Å². The molecule has 1 aromatic rings. The maximum Gasteiger partial charge on any atom is 0.246 e. The van der Waals surface area contributed by atoms with Crippen LogP contribution in [0.2, 0.25) is 0 Å². The highest BCUT2D eigenvalue weighted by Crippen LogP contribution is 2.27. The molecule has 0 aromatic heterocycles. The minimum absolute atomic E-state index is 0.0548. The van der Waals surface area contributed by atoms with E-state index in [0.29, 0.717) is 51.1 Å². The summed E-state index contributed by atoms with van der Waals surface area (Å²) in [6.07, 6.45) is 2.45. The highest BCUT2D eigenvalue weighted by Gasteiger charge is 2.44. The maximum atomic E-state index is 14.0. The van der Waals surface area contributed by atoms with Gasteiger partial charge in [-0.15, -0.1) is 0 Å². The van der Waals surface area contributed by atoms with Crippen molar-refractivity contribution in [2.75, 3.05) is 40.8 Å². The minimum Gasteiger partial charge on any atom is -0.350 e. The molecule has 0 bridgehead atoms. The van der Waals surface area contributed by atoms with Gasteiger partial charge in [0.1, 0.15) is 18.1 Å². The summed E-state index contributed by atoms with van der Waals surface area (Å²) in [5, 5.41) is 5.71. The predicted molar refractivity (Wildman–Crippen MR) is 177 cm³/mol. The van der Waals surface area contributed by atoms with Gasteiger partial charge in [0.25, 0.3) is 0 Å². The number of carbonyl (C=O) groups is 5. The summed E-state index contributed by atoms with van der Waals surface area (Å²) in [6.45, 7) is 8.63. The van der Waals surface area contributed by atoms with Gasteiger partial charge in [-0.3, -0.25) is 28.9 Å². The standard InChI is InChI=1S/C33H52N6O5S/c1-21(2)28(36(5)6)31(42)35-19-27(40)37(7)29(22(3)4)33(44)39-17-9-11-26(39)32(43)38-16-8-10-25(38)30(41)34-18-23-12-14-24(20-45)15-13-23/h12-15,21-22,25-26,28-29,45H,8-11,16-20H2,1-7H3,(H,34,41)(H,35,42). The topological polar surface area (TPSA) is 122 Å². The Morgan fingerprint density at radius 3 is 1.93 bits per heavy atom. The van der Waals surface area contributed by atoms with Crippen molar-refractivity contribution >= 4 is 42.2 Å². The van der Waals surface area contributed by atoms with Gasteiger partial charge in [0.2, 0.25) is 29.5 Å². The monoisotopic (exact) mass is 644 g/mol. The quantitative estimate of drug-likeness (QED) is 0.282. The second-order valence-electron chi connectivity index (χ2n) is 13.1. The van der Waals surface area contributed by atoms with Crippen LogP contribution in [0, 0.1) is 11.8 Å². The van der Waals surface area contributed by atoms with Gasteiger partial charge in [0.15, 0.2) is 0 Å². The van der Waals surface area contributed by atoms with Crippen LogP contribution in [-0.2, 0) is 36.3 Å². The summed E-state index contributed by atoms with van der Waals surface area (Å²) in [5.41, 5.74) is 2.06. The summed E-state index contributed by atoms with van der Waals surface area (Å²) >= 11 is 4.28. The van der Waals surface area contributed by atoms with Crippen LogP contribution in [0.15, 0.2) is 24.3 Å². The summed E-state index contributed by atoms with van der Waals surface area (Å²) in [4.78, 5) is 73.5. The molecule has 4 unspecified atom stereocenters. The molecule has 12 heteroatoms. The number of carbonyl (C=O) groups excluding carboxylic acids is 5. The minimum atomic E-state index is -0.802. The van der Waals surface area contributed by atoms with Gasteiger partial charge in [0, 0.05) is 32.4 Å². The van der Waals surface area contributed by atoms with Gasteiger partial charge < -0.3 is 25.3 Å². The molecular formula is C33H52N6O5S. The molecule has 1 aromatic carbocycles. The van der Waals surface area contributed by atoms with Crippen molar-refractivity contribution in [3.63, 3.8) is 0 Å². The molecule has 4 atom stereocenters. The highest BCUT2D eigenvalue weighted by molar-refractivity contribution is 7.79. The maximum absolute atomic E-state index is 14.0. The molecule has 3 rings (SSSR count). The van der Waals surface area contributed by atoms with E-state index in [0.717, 1.165) is 11.1 Å². The molecule has 2 aliphatic heterocycles. The molecule has 11 nitrogen and oxygen atoms in total. The van der Waals surface area contributed by atoms with Crippen LogP contribution in [0.3, 0.4) is 0 Å². The first-order chi connectivity index (χ1) is 21.3. The number of thiol groups is 1. The Balaban J connectivity index is 1.65. The second-order valence-corrected chi connectivity index (χ2v) is 13.5. The van der Waals surface area contributed by atoms with Gasteiger partial charge in [-0.2, -0.15) is 12.6 Å². The van der Waals surface area contributed by atoms with E-state index in [4.69, 9.17) is 0 Å². The van der Waals surface area contributed by atoms with E-state index in [9.17, 15) is 24.0 Å². The molecule has 2 aliphatic rings. The van der Waals surface area contributed by atoms with Crippen molar-refractivity contribution in [3.8, 4) is 0 Å². The average Bonchev–Trinajstić information content (AvgIpc) is 3.69. The fraction of sp³-hybridized carbons (Fsp3) is 0.667. The van der Waals surface area contributed by atoms with Gasteiger partial charge in [-0.1, -0.05) is 52.0 Å². The summed E-state index contributed by atoms with van der Waals surface area (Å²) < 4.78 is 0. The van der Waals surface area contributed by atoms with Crippen LogP contribution in [0.1, 0.15) is 64.5 Å². The van der Waals surface area contributed by atoms with Crippen LogP contribution >= 0.6 is 12.6 Å². The molecule has 2 N–H and O–H groups in total. The van der Waals surface area contributed by atoms with E-state index in [1.54, 1.807) is 16.8 Å². The van der Waals surface area contributed by atoms with Crippen molar-refractivity contribution < 1.29 is 24.0 Å². The van der Waals surface area contributed by atoms with Crippen LogP contribution < -0.4 is 10.6 Å². The fourth-order valence-electron chi connectivity index (χ4n) is 6.60. The third kappa shape index (κ3) is 9.00. The third-order valence-electron chi connectivity index (χ3n) is 8.90. The summed E-state index contributed by atoms with van der Waals surface area (Å²) in [5.74, 6) is -0.859. The lowest BCUT2D eigenvalue weighted by atomic mass is 10.00. The van der Waals surface area contributed by atoms with Crippen LogP contribution in [0.5, 0.6) is 0 Å². The fourth-order valence-corrected chi connectivity index (χ4v) is 6.81. The van der Waals surface area contributed by atoms with E-state index in [-0.39, 0.29) is 54.0 Å². The predicted octanol–water partition coefficient (Wildman–Crippen LogP) is 1.90. The summed E-state index contributed by atoms with van der Waals surface area (Å²) in [6, 6.07) is 5.41. The zero-order valence-electron chi connectivity index (χ0n) is 27.9. The van der Waals surface area contributed by atoms with Crippen molar-refractivity contribution in [2.24, 2.45) is 11.8 Å². The normalized spacial score (nSPS) is 19.6. The van der Waals surface area contributed by atoms with Crippen LogP contribution in [0.25, 0.3) is 0 Å². The number of likely N-dealkylation sites (N-methyl/N-ethyl adjacent to an activating group) is 2. The lowest BCUT2D eigenvalue weighted by Crippen LogP contribution is -2.58. The summed E-state index contributed by atoms with van der Waals surface area (Å²) in [7, 11) is 5.21. The Morgan fingerprint density at radius 1 is 0.822 bits per heavy atom. The highest BCUT2D eigenvalue weighted by atomic mass is 32.1. The number of likely N-dealkylation sites (tertiary alicyclic amines) is 2. The molecule has 250 valence electrons. The number of nitrogens with zero attached hydrogens (tertiary/aromatic N) is 4. The van der Waals surface area contributed by atoms with Crippen molar-refractivity contribution in [2.45, 2.75) is 89.8 Å². The molecular weight excluding hydrogens is 592 g/mol. The van der Waals surface area contributed by atoms with E-state index >= 15 is 0 Å². The Morgan fingerprint density at radius 2 is 1.38 bits per heavy atom. The van der Waals surface area contributed by atoms with Crippen molar-refractivity contribution in [1.82, 2.24) is 30.2 Å². The largest absolute Gasteiger partial charge is 0.350 e.